The quantitative estimate of drug-likeness (QED) is 0.703. The third-order valence-corrected chi connectivity index (χ3v) is 4.00. The summed E-state index contributed by atoms with van der Waals surface area (Å²) in [6, 6.07) is 0.134. The number of halogens is 1. The largest absolute Gasteiger partial charge is 0.378 e. The molecule has 0 bridgehead atoms. The molecule has 98 valence electrons. The van der Waals surface area contributed by atoms with Gasteiger partial charge in [0.15, 0.2) is 0 Å². The van der Waals surface area contributed by atoms with Gasteiger partial charge in [0.05, 0.1) is 36.7 Å². The third kappa shape index (κ3) is 2.75. The lowest BCUT2D eigenvalue weighted by Crippen LogP contribution is -2.53. The number of alkyl halides is 1. The third-order valence-electron chi connectivity index (χ3n) is 3.65. The number of ether oxygens (including phenoxy) is 2. The highest BCUT2D eigenvalue weighted by molar-refractivity contribution is 6.18. The van der Waals surface area contributed by atoms with Crippen LogP contribution in [0, 0.1) is 5.92 Å². The molecule has 2 aliphatic rings. The molecule has 0 N–H and O–H groups in total. The fourth-order valence-electron chi connectivity index (χ4n) is 2.49. The van der Waals surface area contributed by atoms with E-state index in [0.717, 1.165) is 6.42 Å². The molecule has 4 unspecified atom stereocenters. The van der Waals surface area contributed by atoms with Crippen LogP contribution in [-0.2, 0) is 14.3 Å². The number of amides is 1. The molecule has 2 heterocycles. The van der Waals surface area contributed by atoms with Gasteiger partial charge in [0.2, 0.25) is 5.91 Å². The highest BCUT2D eigenvalue weighted by Crippen LogP contribution is 2.25. The van der Waals surface area contributed by atoms with Crippen molar-refractivity contribution in [3.8, 4) is 0 Å². The monoisotopic (exact) mass is 261 g/mol. The van der Waals surface area contributed by atoms with E-state index in [4.69, 9.17) is 21.1 Å². The van der Waals surface area contributed by atoms with Crippen LogP contribution in [-0.4, -0.2) is 54.7 Å². The molecule has 0 aromatic heterocycles. The SMILES string of the molecule is CC1OCCC1C(=O)N1CC(CCl)OCC1C. The summed E-state index contributed by atoms with van der Waals surface area (Å²) in [6.07, 6.45) is 0.830. The summed E-state index contributed by atoms with van der Waals surface area (Å²) in [6.45, 7) is 5.86. The maximum Gasteiger partial charge on any atom is 0.228 e. The van der Waals surface area contributed by atoms with Crippen molar-refractivity contribution in [1.29, 1.82) is 0 Å². The van der Waals surface area contributed by atoms with Crippen molar-refractivity contribution in [3.05, 3.63) is 0 Å². The second-order valence-corrected chi connectivity index (χ2v) is 5.23. The Balaban J connectivity index is 2.01. The van der Waals surface area contributed by atoms with Crippen LogP contribution in [0.15, 0.2) is 0 Å². The number of rotatable bonds is 2. The minimum absolute atomic E-state index is 0.00604. The molecule has 2 aliphatic heterocycles. The summed E-state index contributed by atoms with van der Waals surface area (Å²) < 4.78 is 11.0. The van der Waals surface area contributed by atoms with E-state index in [2.05, 4.69) is 0 Å². The van der Waals surface area contributed by atoms with Gasteiger partial charge >= 0.3 is 0 Å². The second-order valence-electron chi connectivity index (χ2n) is 4.92. The van der Waals surface area contributed by atoms with E-state index >= 15 is 0 Å². The molecule has 4 atom stereocenters. The van der Waals surface area contributed by atoms with Gasteiger partial charge in [-0.2, -0.15) is 0 Å². The Labute approximate surface area is 107 Å². The van der Waals surface area contributed by atoms with Gasteiger partial charge in [0.25, 0.3) is 0 Å². The van der Waals surface area contributed by atoms with E-state index in [0.29, 0.717) is 25.6 Å². The number of carbonyl (C=O) groups excluding carboxylic acids is 1. The summed E-state index contributed by atoms with van der Waals surface area (Å²) in [5.74, 6) is 0.639. The molecule has 0 radical (unpaired) electrons. The van der Waals surface area contributed by atoms with Gasteiger partial charge in [-0.1, -0.05) is 0 Å². The molecule has 2 saturated heterocycles. The van der Waals surface area contributed by atoms with Crippen LogP contribution in [0.1, 0.15) is 20.3 Å². The average molecular weight is 262 g/mol. The van der Waals surface area contributed by atoms with Crippen molar-refractivity contribution < 1.29 is 14.3 Å². The molecule has 2 fully saturated rings. The Kier molecular flexibility index (Phi) is 4.28. The topological polar surface area (TPSA) is 38.8 Å². The van der Waals surface area contributed by atoms with Crippen LogP contribution in [0.3, 0.4) is 0 Å². The predicted octanol–water partition coefficient (Wildman–Crippen LogP) is 1.27. The van der Waals surface area contributed by atoms with Gasteiger partial charge in [-0.25, -0.2) is 0 Å². The van der Waals surface area contributed by atoms with Gasteiger partial charge in [-0.15, -0.1) is 11.6 Å². The van der Waals surface area contributed by atoms with Crippen LogP contribution >= 0.6 is 11.6 Å². The Morgan fingerprint density at radius 3 is 2.76 bits per heavy atom. The highest BCUT2D eigenvalue weighted by atomic mass is 35.5. The van der Waals surface area contributed by atoms with E-state index in [1.54, 1.807) is 0 Å². The molecule has 0 aromatic rings. The van der Waals surface area contributed by atoms with Crippen molar-refractivity contribution in [2.24, 2.45) is 5.92 Å². The Hall–Kier alpha value is -0.320. The second kappa shape index (κ2) is 5.55. The average Bonchev–Trinajstić information content (AvgIpc) is 2.75. The maximum absolute atomic E-state index is 12.4. The minimum atomic E-state index is -0.0329. The number of nitrogens with zero attached hydrogens (tertiary/aromatic N) is 1. The Bertz CT molecular complexity index is 287. The molecule has 17 heavy (non-hydrogen) atoms. The zero-order valence-electron chi connectivity index (χ0n) is 10.4. The standard InChI is InChI=1S/C12H20ClNO3/c1-8-7-17-10(5-13)6-14(8)12(15)11-3-4-16-9(11)2/h8-11H,3-7H2,1-2H3. The predicted molar refractivity (Wildman–Crippen MR) is 65.2 cm³/mol. The van der Waals surface area contributed by atoms with Crippen LogP contribution in [0.5, 0.6) is 0 Å². The van der Waals surface area contributed by atoms with Crippen molar-refractivity contribution in [3.63, 3.8) is 0 Å². The van der Waals surface area contributed by atoms with Crippen LogP contribution in [0.2, 0.25) is 0 Å². The smallest absolute Gasteiger partial charge is 0.228 e. The lowest BCUT2D eigenvalue weighted by atomic mass is 9.99. The lowest BCUT2D eigenvalue weighted by Gasteiger charge is -2.39. The van der Waals surface area contributed by atoms with Gasteiger partial charge in [0, 0.05) is 13.2 Å². The zero-order valence-corrected chi connectivity index (χ0v) is 11.2. The van der Waals surface area contributed by atoms with Gasteiger partial charge < -0.3 is 14.4 Å². The summed E-state index contributed by atoms with van der Waals surface area (Å²) >= 11 is 5.80. The first-order valence-electron chi connectivity index (χ1n) is 6.23. The first-order valence-corrected chi connectivity index (χ1v) is 6.76. The molecule has 0 aliphatic carbocycles. The van der Waals surface area contributed by atoms with E-state index in [1.807, 2.05) is 18.7 Å². The Morgan fingerprint density at radius 1 is 1.41 bits per heavy atom. The first kappa shape index (κ1) is 13.1. The summed E-state index contributed by atoms with van der Waals surface area (Å²) in [4.78, 5) is 14.3. The highest BCUT2D eigenvalue weighted by Gasteiger charge is 2.38. The minimum Gasteiger partial charge on any atom is -0.378 e. The summed E-state index contributed by atoms with van der Waals surface area (Å²) in [5, 5.41) is 0. The van der Waals surface area contributed by atoms with Crippen LogP contribution in [0.25, 0.3) is 0 Å². The van der Waals surface area contributed by atoms with Crippen molar-refractivity contribution >= 4 is 17.5 Å². The summed E-state index contributed by atoms with van der Waals surface area (Å²) in [5.41, 5.74) is 0. The number of carbonyl (C=O) groups is 1. The Morgan fingerprint density at radius 2 is 2.18 bits per heavy atom. The summed E-state index contributed by atoms with van der Waals surface area (Å²) in [7, 11) is 0. The van der Waals surface area contributed by atoms with Gasteiger partial charge in [-0.3, -0.25) is 4.79 Å². The molecule has 0 aromatic carbocycles. The molecule has 1 amide bonds. The number of hydrogen-bond acceptors (Lipinski definition) is 3. The van der Waals surface area contributed by atoms with Crippen molar-refractivity contribution in [1.82, 2.24) is 4.90 Å². The normalized spacial score (nSPS) is 38.4. The molecule has 5 heteroatoms. The van der Waals surface area contributed by atoms with Crippen LogP contribution in [0.4, 0.5) is 0 Å². The number of hydrogen-bond donors (Lipinski definition) is 0. The lowest BCUT2D eigenvalue weighted by molar-refractivity contribution is -0.148. The zero-order chi connectivity index (χ0) is 12.4. The molecule has 0 spiro atoms. The van der Waals surface area contributed by atoms with Crippen molar-refractivity contribution in [2.75, 3.05) is 25.6 Å². The van der Waals surface area contributed by atoms with E-state index in [1.165, 1.54) is 0 Å². The molecule has 0 saturated carbocycles. The van der Waals surface area contributed by atoms with Gasteiger partial charge in [0.1, 0.15) is 0 Å². The fourth-order valence-corrected chi connectivity index (χ4v) is 2.67. The van der Waals surface area contributed by atoms with Crippen LogP contribution < -0.4 is 0 Å². The molecule has 2 rings (SSSR count). The van der Waals surface area contributed by atoms with E-state index < -0.39 is 0 Å². The van der Waals surface area contributed by atoms with Gasteiger partial charge in [-0.05, 0) is 20.3 Å². The van der Waals surface area contributed by atoms with E-state index in [9.17, 15) is 4.79 Å². The maximum atomic E-state index is 12.4. The van der Waals surface area contributed by atoms with Crippen molar-refractivity contribution in [2.45, 2.75) is 38.5 Å². The van der Waals surface area contributed by atoms with E-state index in [-0.39, 0.29) is 30.1 Å². The molecule has 4 nitrogen and oxygen atoms in total. The number of morpholine rings is 1. The first-order chi connectivity index (χ1) is 8.13. The fraction of sp³-hybridized carbons (Fsp3) is 0.917. The molecular weight excluding hydrogens is 242 g/mol. The molecular formula is C12H20ClNO3.